The van der Waals surface area contributed by atoms with Crippen LogP contribution in [0, 0.1) is 0 Å². The Morgan fingerprint density at radius 2 is 2.00 bits per heavy atom. The van der Waals surface area contributed by atoms with Crippen molar-refractivity contribution in [3.05, 3.63) is 10.6 Å². The summed E-state index contributed by atoms with van der Waals surface area (Å²) in [5.41, 5.74) is 0. The van der Waals surface area contributed by atoms with Crippen LogP contribution in [0.25, 0.3) is 0 Å². The molecule has 0 saturated carbocycles. The van der Waals surface area contributed by atoms with Crippen molar-refractivity contribution in [2.24, 2.45) is 0 Å². The summed E-state index contributed by atoms with van der Waals surface area (Å²) in [5.74, 6) is -0.0305. The number of nitrogens with one attached hydrogen (secondary N) is 1. The van der Waals surface area contributed by atoms with Gasteiger partial charge in [-0.05, 0) is 48.9 Å². The average molecular weight is 277 g/mol. The van der Waals surface area contributed by atoms with Crippen molar-refractivity contribution in [3.8, 4) is 0 Å². The van der Waals surface area contributed by atoms with Crippen molar-refractivity contribution in [2.75, 3.05) is 26.2 Å². The highest BCUT2D eigenvalue weighted by Gasteiger charge is 2.03. The van der Waals surface area contributed by atoms with Gasteiger partial charge in [0.25, 0.3) is 5.91 Å². The summed E-state index contributed by atoms with van der Waals surface area (Å²) < 4.78 is 0.602. The molecule has 0 rings (SSSR count). The zero-order valence-corrected chi connectivity index (χ0v) is 11.4. The van der Waals surface area contributed by atoms with E-state index in [1.165, 1.54) is 0 Å². The van der Waals surface area contributed by atoms with E-state index in [4.69, 9.17) is 0 Å². The van der Waals surface area contributed by atoms with Crippen molar-refractivity contribution >= 4 is 21.8 Å². The van der Waals surface area contributed by atoms with E-state index < -0.39 is 0 Å². The van der Waals surface area contributed by atoms with Crippen LogP contribution in [0.4, 0.5) is 0 Å². The molecule has 0 radical (unpaired) electrons. The first-order valence-corrected chi connectivity index (χ1v) is 6.27. The Kier molecular flexibility index (Phi) is 8.71. The molecule has 0 aliphatic heterocycles. The fraction of sp³-hybridized carbons (Fsp3) is 0.727. The van der Waals surface area contributed by atoms with Gasteiger partial charge in [0, 0.05) is 6.54 Å². The Balaban J connectivity index is 3.58. The predicted molar refractivity (Wildman–Crippen MR) is 68.1 cm³/mol. The lowest BCUT2D eigenvalue weighted by molar-refractivity contribution is -0.116. The maximum atomic E-state index is 11.3. The second kappa shape index (κ2) is 8.92. The number of allylic oxidation sites excluding steroid dienone is 1. The van der Waals surface area contributed by atoms with Crippen LogP contribution in [0.5, 0.6) is 0 Å². The lowest BCUT2D eigenvalue weighted by Crippen LogP contribution is -2.29. The SMILES string of the molecule is CC=C(Br)C(=O)NCCCN(CC)CC. The van der Waals surface area contributed by atoms with Gasteiger partial charge in [0.1, 0.15) is 0 Å². The van der Waals surface area contributed by atoms with E-state index in [2.05, 4.69) is 40.0 Å². The normalized spacial score (nSPS) is 11.9. The van der Waals surface area contributed by atoms with E-state index >= 15 is 0 Å². The van der Waals surface area contributed by atoms with Crippen LogP contribution in [0.15, 0.2) is 10.6 Å². The van der Waals surface area contributed by atoms with Gasteiger partial charge >= 0.3 is 0 Å². The largest absolute Gasteiger partial charge is 0.352 e. The highest BCUT2D eigenvalue weighted by molar-refractivity contribution is 9.12. The number of rotatable bonds is 7. The molecule has 0 aromatic rings. The van der Waals surface area contributed by atoms with E-state index in [0.717, 1.165) is 32.6 Å². The Morgan fingerprint density at radius 3 is 2.47 bits per heavy atom. The minimum atomic E-state index is -0.0305. The van der Waals surface area contributed by atoms with Gasteiger partial charge in [-0.1, -0.05) is 19.9 Å². The van der Waals surface area contributed by atoms with Crippen molar-refractivity contribution < 1.29 is 4.79 Å². The van der Waals surface area contributed by atoms with Gasteiger partial charge in [-0.3, -0.25) is 4.79 Å². The van der Waals surface area contributed by atoms with Crippen molar-refractivity contribution in [1.82, 2.24) is 10.2 Å². The maximum Gasteiger partial charge on any atom is 0.257 e. The molecule has 0 aromatic heterocycles. The van der Waals surface area contributed by atoms with Gasteiger partial charge < -0.3 is 10.2 Å². The molecule has 3 nitrogen and oxygen atoms in total. The summed E-state index contributed by atoms with van der Waals surface area (Å²) in [6.45, 7) is 10.1. The Hall–Kier alpha value is -0.350. The Labute approximate surface area is 101 Å². The van der Waals surface area contributed by atoms with Crippen molar-refractivity contribution in [3.63, 3.8) is 0 Å². The van der Waals surface area contributed by atoms with Gasteiger partial charge in [0.2, 0.25) is 0 Å². The summed E-state index contributed by atoms with van der Waals surface area (Å²) in [4.78, 5) is 13.7. The van der Waals surface area contributed by atoms with E-state index in [-0.39, 0.29) is 5.91 Å². The first-order valence-electron chi connectivity index (χ1n) is 5.48. The third kappa shape index (κ3) is 6.68. The van der Waals surface area contributed by atoms with Gasteiger partial charge in [0.15, 0.2) is 0 Å². The number of amides is 1. The minimum Gasteiger partial charge on any atom is -0.352 e. The van der Waals surface area contributed by atoms with Crippen molar-refractivity contribution in [1.29, 1.82) is 0 Å². The molecule has 0 fully saturated rings. The second-order valence-corrected chi connectivity index (χ2v) is 4.13. The molecule has 15 heavy (non-hydrogen) atoms. The fourth-order valence-corrected chi connectivity index (χ4v) is 1.40. The van der Waals surface area contributed by atoms with Gasteiger partial charge in [-0.15, -0.1) is 0 Å². The average Bonchev–Trinajstić information content (AvgIpc) is 2.27. The monoisotopic (exact) mass is 276 g/mol. The molecule has 0 spiro atoms. The Morgan fingerprint density at radius 1 is 1.40 bits per heavy atom. The molecule has 0 unspecified atom stereocenters. The number of carbonyl (C=O) groups excluding carboxylic acids is 1. The molecule has 0 atom stereocenters. The van der Waals surface area contributed by atoms with E-state index in [1.54, 1.807) is 6.08 Å². The lowest BCUT2D eigenvalue weighted by atomic mass is 10.3. The number of carbonyl (C=O) groups is 1. The predicted octanol–water partition coefficient (Wildman–Crippen LogP) is 2.13. The first kappa shape index (κ1) is 14.6. The van der Waals surface area contributed by atoms with E-state index in [0.29, 0.717) is 4.48 Å². The molecule has 0 heterocycles. The highest BCUT2D eigenvalue weighted by Crippen LogP contribution is 2.03. The Bertz CT molecular complexity index is 213. The maximum absolute atomic E-state index is 11.3. The minimum absolute atomic E-state index is 0.0305. The van der Waals surface area contributed by atoms with Crippen molar-refractivity contribution in [2.45, 2.75) is 27.2 Å². The van der Waals surface area contributed by atoms with Crippen LogP contribution in [-0.4, -0.2) is 37.0 Å². The van der Waals surface area contributed by atoms with Gasteiger partial charge in [-0.25, -0.2) is 0 Å². The summed E-state index contributed by atoms with van der Waals surface area (Å²) in [5, 5.41) is 2.86. The van der Waals surface area contributed by atoms with Crippen LogP contribution in [-0.2, 0) is 4.79 Å². The topological polar surface area (TPSA) is 32.3 Å². The molecule has 0 aromatic carbocycles. The third-order valence-electron chi connectivity index (χ3n) is 2.30. The molecule has 0 aliphatic carbocycles. The first-order chi connectivity index (χ1) is 7.15. The van der Waals surface area contributed by atoms with Gasteiger partial charge in [-0.2, -0.15) is 0 Å². The van der Waals surface area contributed by atoms with Crippen LogP contribution in [0.3, 0.4) is 0 Å². The molecular weight excluding hydrogens is 256 g/mol. The zero-order chi connectivity index (χ0) is 11.7. The molecule has 1 amide bonds. The molecule has 4 heteroatoms. The van der Waals surface area contributed by atoms with Crippen LogP contribution in [0.1, 0.15) is 27.2 Å². The molecule has 0 bridgehead atoms. The van der Waals surface area contributed by atoms with Gasteiger partial charge in [0.05, 0.1) is 4.48 Å². The lowest BCUT2D eigenvalue weighted by Gasteiger charge is -2.17. The zero-order valence-electron chi connectivity index (χ0n) is 9.85. The number of nitrogens with zero attached hydrogens (tertiary/aromatic N) is 1. The number of hydrogen-bond donors (Lipinski definition) is 1. The molecule has 0 saturated heterocycles. The second-order valence-electron chi connectivity index (χ2n) is 3.27. The third-order valence-corrected chi connectivity index (χ3v) is 3.12. The molecule has 88 valence electrons. The molecule has 0 aliphatic rings. The standard InChI is InChI=1S/C11H21BrN2O/c1-4-10(12)11(15)13-8-7-9-14(5-2)6-3/h4H,5-9H2,1-3H3,(H,13,15). The summed E-state index contributed by atoms with van der Waals surface area (Å²) in [7, 11) is 0. The quantitative estimate of drug-likeness (QED) is 0.571. The highest BCUT2D eigenvalue weighted by atomic mass is 79.9. The summed E-state index contributed by atoms with van der Waals surface area (Å²) in [6.07, 6.45) is 2.75. The molecule has 1 N–H and O–H groups in total. The van der Waals surface area contributed by atoms with Crippen LogP contribution in [0.2, 0.25) is 0 Å². The molecular formula is C11H21BrN2O. The van der Waals surface area contributed by atoms with E-state index in [1.807, 2.05) is 6.92 Å². The van der Waals surface area contributed by atoms with Crippen LogP contribution >= 0.6 is 15.9 Å². The summed E-state index contributed by atoms with van der Waals surface area (Å²) >= 11 is 3.19. The fourth-order valence-electron chi connectivity index (χ4n) is 1.26. The smallest absolute Gasteiger partial charge is 0.257 e. The van der Waals surface area contributed by atoms with E-state index in [9.17, 15) is 4.79 Å². The number of hydrogen-bond acceptors (Lipinski definition) is 2. The van der Waals surface area contributed by atoms with Crippen LogP contribution < -0.4 is 5.32 Å². The number of halogens is 1. The summed E-state index contributed by atoms with van der Waals surface area (Å²) in [6, 6.07) is 0.